The Morgan fingerprint density at radius 2 is 2.15 bits per heavy atom. The lowest BCUT2D eigenvalue weighted by molar-refractivity contribution is 0.0696. The van der Waals surface area contributed by atoms with Crippen LogP contribution in [0.25, 0.3) is 0 Å². The van der Waals surface area contributed by atoms with Gasteiger partial charge in [-0.1, -0.05) is 0 Å². The van der Waals surface area contributed by atoms with E-state index in [0.29, 0.717) is 0 Å². The van der Waals surface area contributed by atoms with Crippen LogP contribution in [0.5, 0.6) is 0 Å². The molecule has 0 saturated heterocycles. The van der Waals surface area contributed by atoms with Crippen LogP contribution in [0, 0.1) is 5.82 Å². The van der Waals surface area contributed by atoms with Crippen LogP contribution in [-0.2, 0) is 6.42 Å². The molecule has 1 rings (SSSR count). The average Bonchev–Trinajstić information content (AvgIpc) is 2.08. The van der Waals surface area contributed by atoms with Crippen molar-refractivity contribution in [3.05, 3.63) is 35.1 Å². The molecule has 0 aliphatic heterocycles. The predicted molar refractivity (Wildman–Crippen MR) is 44.1 cm³/mol. The predicted octanol–water partition coefficient (Wildman–Crippen LogP) is 1.06. The molecule has 0 aromatic heterocycles. The van der Waals surface area contributed by atoms with Crippen molar-refractivity contribution in [2.24, 2.45) is 0 Å². The van der Waals surface area contributed by atoms with Crippen LogP contribution in [0.3, 0.4) is 0 Å². The number of hydrogen-bond acceptors (Lipinski definition) is 2. The Kier molecular flexibility index (Phi) is 2.97. The highest BCUT2D eigenvalue weighted by atomic mass is 19.1. The zero-order valence-electron chi connectivity index (χ0n) is 6.83. The number of aliphatic hydroxyl groups is 1. The molecular formula is C9H9FO3. The fourth-order valence-corrected chi connectivity index (χ4v) is 1.02. The van der Waals surface area contributed by atoms with Crippen LogP contribution < -0.4 is 0 Å². The molecule has 0 unspecified atom stereocenters. The SMILES string of the molecule is O=C(O)c1ccc(F)c(CCO)c1. The molecule has 0 saturated carbocycles. The van der Waals surface area contributed by atoms with Crippen LogP contribution in [0.4, 0.5) is 4.39 Å². The van der Waals surface area contributed by atoms with Gasteiger partial charge in [0.15, 0.2) is 0 Å². The van der Waals surface area contributed by atoms with Crippen molar-refractivity contribution >= 4 is 5.97 Å². The van der Waals surface area contributed by atoms with Gasteiger partial charge < -0.3 is 10.2 Å². The first kappa shape index (κ1) is 9.67. The van der Waals surface area contributed by atoms with E-state index >= 15 is 0 Å². The van der Waals surface area contributed by atoms with E-state index in [1.165, 1.54) is 12.1 Å². The summed E-state index contributed by atoms with van der Waals surface area (Å²) in [5, 5.41) is 17.1. The van der Waals surface area contributed by atoms with Gasteiger partial charge in [0.1, 0.15) is 5.82 Å². The zero-order valence-corrected chi connectivity index (χ0v) is 6.83. The largest absolute Gasteiger partial charge is 0.478 e. The van der Waals surface area contributed by atoms with E-state index in [0.717, 1.165) is 6.07 Å². The number of carboxylic acid groups (broad SMARTS) is 1. The number of carboxylic acids is 1. The topological polar surface area (TPSA) is 57.5 Å². The van der Waals surface area contributed by atoms with Gasteiger partial charge in [0, 0.05) is 6.61 Å². The molecule has 2 N–H and O–H groups in total. The van der Waals surface area contributed by atoms with Gasteiger partial charge in [0.25, 0.3) is 0 Å². The van der Waals surface area contributed by atoms with Crippen molar-refractivity contribution in [1.29, 1.82) is 0 Å². The minimum atomic E-state index is -1.10. The van der Waals surface area contributed by atoms with Gasteiger partial charge in [-0.2, -0.15) is 0 Å². The normalized spacial score (nSPS) is 10.0. The third kappa shape index (κ3) is 2.26. The maximum atomic E-state index is 12.9. The van der Waals surface area contributed by atoms with Crippen LogP contribution in [0.2, 0.25) is 0 Å². The Morgan fingerprint density at radius 3 is 2.69 bits per heavy atom. The summed E-state index contributed by atoms with van der Waals surface area (Å²) in [6.45, 7) is -0.194. The van der Waals surface area contributed by atoms with Crippen molar-refractivity contribution in [1.82, 2.24) is 0 Å². The first-order valence-corrected chi connectivity index (χ1v) is 3.77. The van der Waals surface area contributed by atoms with Crippen LogP contribution >= 0.6 is 0 Å². The van der Waals surface area contributed by atoms with Crippen molar-refractivity contribution in [2.45, 2.75) is 6.42 Å². The maximum absolute atomic E-state index is 12.9. The molecule has 13 heavy (non-hydrogen) atoms. The van der Waals surface area contributed by atoms with Gasteiger partial charge in [0.2, 0.25) is 0 Å². The third-order valence-electron chi connectivity index (χ3n) is 1.67. The smallest absolute Gasteiger partial charge is 0.335 e. The minimum Gasteiger partial charge on any atom is -0.478 e. The van der Waals surface area contributed by atoms with Gasteiger partial charge in [0.05, 0.1) is 5.56 Å². The molecule has 0 spiro atoms. The van der Waals surface area contributed by atoms with E-state index in [9.17, 15) is 9.18 Å². The lowest BCUT2D eigenvalue weighted by atomic mass is 10.1. The maximum Gasteiger partial charge on any atom is 0.335 e. The van der Waals surface area contributed by atoms with Gasteiger partial charge in [-0.15, -0.1) is 0 Å². The summed E-state index contributed by atoms with van der Waals surface area (Å²) in [7, 11) is 0. The van der Waals surface area contributed by atoms with Crippen LogP contribution in [0.1, 0.15) is 15.9 Å². The van der Waals surface area contributed by atoms with E-state index in [4.69, 9.17) is 10.2 Å². The lowest BCUT2D eigenvalue weighted by Gasteiger charge is -2.01. The van der Waals surface area contributed by atoms with Crippen LogP contribution in [0.15, 0.2) is 18.2 Å². The van der Waals surface area contributed by atoms with Crippen LogP contribution in [-0.4, -0.2) is 22.8 Å². The molecule has 1 aromatic carbocycles. The Labute approximate surface area is 74.4 Å². The number of halogens is 1. The second-order valence-electron chi connectivity index (χ2n) is 2.58. The average molecular weight is 184 g/mol. The third-order valence-corrected chi connectivity index (χ3v) is 1.67. The molecule has 0 radical (unpaired) electrons. The Hall–Kier alpha value is -1.42. The minimum absolute atomic E-state index is 0.0323. The van der Waals surface area contributed by atoms with Gasteiger partial charge in [-0.05, 0) is 30.2 Å². The van der Waals surface area contributed by atoms with E-state index < -0.39 is 11.8 Å². The Bertz CT molecular complexity index is 323. The highest BCUT2D eigenvalue weighted by molar-refractivity contribution is 5.87. The summed E-state index contributed by atoms with van der Waals surface area (Å²) >= 11 is 0. The molecule has 0 heterocycles. The van der Waals surface area contributed by atoms with Crippen molar-refractivity contribution in [3.63, 3.8) is 0 Å². The molecule has 70 valence electrons. The quantitative estimate of drug-likeness (QED) is 0.738. The first-order valence-electron chi connectivity index (χ1n) is 3.77. The fraction of sp³-hybridized carbons (Fsp3) is 0.222. The van der Waals surface area contributed by atoms with Crippen molar-refractivity contribution < 1.29 is 19.4 Å². The molecule has 0 aliphatic carbocycles. The molecule has 4 heteroatoms. The highest BCUT2D eigenvalue weighted by Crippen LogP contribution is 2.11. The Morgan fingerprint density at radius 1 is 1.46 bits per heavy atom. The summed E-state index contributed by atoms with van der Waals surface area (Å²) in [6, 6.07) is 3.51. The second kappa shape index (κ2) is 4.00. The highest BCUT2D eigenvalue weighted by Gasteiger charge is 2.07. The molecule has 0 fully saturated rings. The lowest BCUT2D eigenvalue weighted by Crippen LogP contribution is -2.01. The van der Waals surface area contributed by atoms with Gasteiger partial charge >= 0.3 is 5.97 Å². The number of hydrogen-bond donors (Lipinski definition) is 2. The van der Waals surface area contributed by atoms with Crippen molar-refractivity contribution in [2.75, 3.05) is 6.61 Å². The molecule has 0 bridgehead atoms. The van der Waals surface area contributed by atoms with Crippen molar-refractivity contribution in [3.8, 4) is 0 Å². The van der Waals surface area contributed by atoms with Gasteiger partial charge in [-0.3, -0.25) is 0 Å². The monoisotopic (exact) mass is 184 g/mol. The van der Waals surface area contributed by atoms with E-state index in [1.807, 2.05) is 0 Å². The van der Waals surface area contributed by atoms with E-state index in [-0.39, 0.29) is 24.2 Å². The molecular weight excluding hydrogens is 175 g/mol. The van der Waals surface area contributed by atoms with Gasteiger partial charge in [-0.25, -0.2) is 9.18 Å². The summed E-state index contributed by atoms with van der Waals surface area (Å²) in [5.74, 6) is -1.58. The first-order chi connectivity index (χ1) is 6.15. The summed E-state index contributed by atoms with van der Waals surface area (Å²) in [5.41, 5.74) is 0.257. The summed E-state index contributed by atoms with van der Waals surface area (Å²) < 4.78 is 12.9. The number of benzene rings is 1. The molecule has 0 aliphatic rings. The standard InChI is InChI=1S/C9H9FO3/c10-8-2-1-7(9(12)13)5-6(8)3-4-11/h1-2,5,11H,3-4H2,(H,12,13). The second-order valence-corrected chi connectivity index (χ2v) is 2.58. The van der Waals surface area contributed by atoms with E-state index in [1.54, 1.807) is 0 Å². The number of rotatable bonds is 3. The summed E-state index contributed by atoms with van der Waals surface area (Å²) in [6.07, 6.45) is 0.132. The summed E-state index contributed by atoms with van der Waals surface area (Å²) in [4.78, 5) is 10.5. The number of carbonyl (C=O) groups is 1. The Balaban J connectivity index is 3.03. The van der Waals surface area contributed by atoms with E-state index in [2.05, 4.69) is 0 Å². The number of aliphatic hydroxyl groups excluding tert-OH is 1. The zero-order chi connectivity index (χ0) is 9.84. The number of aromatic carboxylic acids is 1. The molecule has 1 aromatic rings. The molecule has 3 nitrogen and oxygen atoms in total. The molecule has 0 atom stereocenters. The fourth-order valence-electron chi connectivity index (χ4n) is 1.02. The molecule has 0 amide bonds.